The summed E-state index contributed by atoms with van der Waals surface area (Å²) in [5, 5.41) is 16.4. The fraction of sp³-hybridized carbons (Fsp3) is 0.296. The van der Waals surface area contributed by atoms with Gasteiger partial charge >= 0.3 is 0 Å². The van der Waals surface area contributed by atoms with Gasteiger partial charge in [0.25, 0.3) is 5.91 Å². The maximum absolute atomic E-state index is 12.5. The number of aliphatic hydroxyl groups excluding tert-OH is 1. The highest BCUT2D eigenvalue weighted by atomic mass is 35.5. The Bertz CT molecular complexity index is 1060. The number of amides is 1. The lowest BCUT2D eigenvalue weighted by atomic mass is 10.0. The Morgan fingerprint density at radius 2 is 1.79 bits per heavy atom. The molecular formula is C27H30ClN3O3. The first-order valence-corrected chi connectivity index (χ1v) is 12.0. The van der Waals surface area contributed by atoms with Crippen molar-refractivity contribution in [3.8, 4) is 5.75 Å². The second-order valence-corrected chi connectivity index (χ2v) is 8.90. The van der Waals surface area contributed by atoms with Gasteiger partial charge in [-0.1, -0.05) is 54.1 Å². The van der Waals surface area contributed by atoms with E-state index in [1.807, 2.05) is 42.5 Å². The number of hydrazine groups is 1. The van der Waals surface area contributed by atoms with Gasteiger partial charge in [0.15, 0.2) is 0 Å². The van der Waals surface area contributed by atoms with E-state index in [1.54, 1.807) is 24.3 Å². The molecule has 1 aliphatic rings. The molecule has 0 saturated carbocycles. The van der Waals surface area contributed by atoms with Gasteiger partial charge in [0.05, 0.1) is 5.69 Å². The number of anilines is 1. The molecule has 0 bridgehead atoms. The third kappa shape index (κ3) is 6.81. The minimum atomic E-state index is -0.699. The van der Waals surface area contributed by atoms with Crippen molar-refractivity contribution in [2.75, 3.05) is 25.0 Å². The Morgan fingerprint density at radius 3 is 2.59 bits per heavy atom. The molecule has 1 heterocycles. The van der Waals surface area contributed by atoms with Crippen molar-refractivity contribution in [1.82, 2.24) is 10.4 Å². The molecule has 0 aromatic heterocycles. The summed E-state index contributed by atoms with van der Waals surface area (Å²) in [7, 11) is 0. The molecule has 3 aromatic rings. The number of hydrogen-bond acceptors (Lipinski definition) is 5. The molecule has 3 aromatic carbocycles. The number of aliphatic hydroxyl groups is 1. The van der Waals surface area contributed by atoms with Crippen LogP contribution in [0.5, 0.6) is 5.75 Å². The van der Waals surface area contributed by atoms with Gasteiger partial charge in [-0.15, -0.1) is 0 Å². The summed E-state index contributed by atoms with van der Waals surface area (Å²) in [6.07, 6.45) is 2.46. The van der Waals surface area contributed by atoms with Gasteiger partial charge in [-0.05, 0) is 61.2 Å². The minimum absolute atomic E-state index is 0.112. The molecule has 4 rings (SSSR count). The van der Waals surface area contributed by atoms with Crippen LogP contribution < -0.4 is 15.5 Å². The molecule has 2 atom stereocenters. The van der Waals surface area contributed by atoms with E-state index < -0.39 is 6.10 Å². The summed E-state index contributed by atoms with van der Waals surface area (Å²) in [6.45, 7) is 1.44. The molecule has 7 heteroatoms. The van der Waals surface area contributed by atoms with Crippen LogP contribution >= 0.6 is 11.6 Å². The normalized spacial score (nSPS) is 16.8. The van der Waals surface area contributed by atoms with E-state index in [9.17, 15) is 9.90 Å². The van der Waals surface area contributed by atoms with E-state index in [0.29, 0.717) is 29.6 Å². The Morgan fingerprint density at radius 1 is 1.06 bits per heavy atom. The van der Waals surface area contributed by atoms with E-state index >= 15 is 0 Å². The zero-order valence-corrected chi connectivity index (χ0v) is 19.7. The number of halogens is 1. The fourth-order valence-corrected chi connectivity index (χ4v) is 4.22. The van der Waals surface area contributed by atoms with Crippen molar-refractivity contribution in [3.63, 3.8) is 0 Å². The fourth-order valence-electron chi connectivity index (χ4n) is 4.10. The number of rotatable bonds is 10. The molecule has 1 amide bonds. The Hall–Kier alpha value is -2.90. The molecule has 178 valence electrons. The lowest BCUT2D eigenvalue weighted by Crippen LogP contribution is -2.46. The molecule has 3 N–H and O–H groups in total. The topological polar surface area (TPSA) is 73.8 Å². The van der Waals surface area contributed by atoms with Crippen molar-refractivity contribution < 1.29 is 14.6 Å². The van der Waals surface area contributed by atoms with E-state index in [0.717, 1.165) is 30.8 Å². The third-order valence-corrected chi connectivity index (χ3v) is 6.15. The van der Waals surface area contributed by atoms with E-state index in [4.69, 9.17) is 16.3 Å². The summed E-state index contributed by atoms with van der Waals surface area (Å²) >= 11 is 6.00. The second kappa shape index (κ2) is 12.0. The Kier molecular flexibility index (Phi) is 8.55. The predicted molar refractivity (Wildman–Crippen MR) is 135 cm³/mol. The zero-order chi connectivity index (χ0) is 23.8. The molecule has 1 aliphatic heterocycles. The number of nitrogens with zero attached hydrogens (tertiary/aromatic N) is 1. The van der Waals surface area contributed by atoms with Crippen molar-refractivity contribution in [1.29, 1.82) is 0 Å². The van der Waals surface area contributed by atoms with Crippen molar-refractivity contribution in [2.45, 2.75) is 31.4 Å². The first-order chi connectivity index (χ1) is 16.6. The van der Waals surface area contributed by atoms with Crippen molar-refractivity contribution >= 4 is 23.2 Å². The molecule has 34 heavy (non-hydrogen) atoms. The summed E-state index contributed by atoms with van der Waals surface area (Å²) in [4.78, 5) is 12.5. The van der Waals surface area contributed by atoms with Gasteiger partial charge < -0.3 is 15.2 Å². The molecule has 1 saturated heterocycles. The van der Waals surface area contributed by atoms with Crippen molar-refractivity contribution in [3.05, 3.63) is 95.0 Å². The average molecular weight is 480 g/mol. The largest absolute Gasteiger partial charge is 0.489 e. The van der Waals surface area contributed by atoms with Crippen LogP contribution in [0.3, 0.4) is 0 Å². The van der Waals surface area contributed by atoms with Crippen LogP contribution in [0.2, 0.25) is 5.02 Å². The first kappa shape index (κ1) is 24.2. The van der Waals surface area contributed by atoms with Gasteiger partial charge in [-0.3, -0.25) is 10.2 Å². The van der Waals surface area contributed by atoms with Gasteiger partial charge in [-0.25, -0.2) is 5.01 Å². The lowest BCUT2D eigenvalue weighted by Gasteiger charge is -2.27. The third-order valence-electron chi connectivity index (χ3n) is 5.89. The maximum atomic E-state index is 12.5. The Labute approximate surface area is 205 Å². The second-order valence-electron chi connectivity index (χ2n) is 8.46. The highest BCUT2D eigenvalue weighted by Crippen LogP contribution is 2.25. The van der Waals surface area contributed by atoms with Crippen LogP contribution in [0.4, 0.5) is 5.69 Å². The monoisotopic (exact) mass is 479 g/mol. The van der Waals surface area contributed by atoms with E-state index in [-0.39, 0.29) is 12.5 Å². The smallest absolute Gasteiger partial charge is 0.255 e. The number of benzene rings is 3. The summed E-state index contributed by atoms with van der Waals surface area (Å²) in [5.41, 5.74) is 5.76. The van der Waals surface area contributed by atoms with Gasteiger partial charge in [0.1, 0.15) is 18.5 Å². The SMILES string of the molecule is O=C(Nc1ccccc1OCC(O)CNN1CCCC1Cc1ccc(Cl)cc1)c1ccccc1. The first-order valence-electron chi connectivity index (χ1n) is 11.6. The number of carbonyl (C=O) groups excluding carboxylic acids is 1. The highest BCUT2D eigenvalue weighted by molar-refractivity contribution is 6.30. The molecule has 2 unspecified atom stereocenters. The molecule has 1 fully saturated rings. The number of hydrogen-bond donors (Lipinski definition) is 3. The molecule has 0 aliphatic carbocycles. The maximum Gasteiger partial charge on any atom is 0.255 e. The number of carbonyl (C=O) groups is 1. The van der Waals surface area contributed by atoms with Crippen LogP contribution in [0, 0.1) is 0 Å². The average Bonchev–Trinajstić information content (AvgIpc) is 3.31. The van der Waals surface area contributed by atoms with Crippen LogP contribution in [0.25, 0.3) is 0 Å². The summed E-state index contributed by atoms with van der Waals surface area (Å²) in [5.74, 6) is 0.312. The Balaban J connectivity index is 1.26. The molecule has 0 spiro atoms. The van der Waals surface area contributed by atoms with Gasteiger partial charge in [-0.2, -0.15) is 0 Å². The quantitative estimate of drug-likeness (QED) is 0.398. The van der Waals surface area contributed by atoms with Crippen LogP contribution in [0.15, 0.2) is 78.9 Å². The van der Waals surface area contributed by atoms with Crippen LogP contribution in [-0.4, -0.2) is 47.9 Å². The molecule has 6 nitrogen and oxygen atoms in total. The highest BCUT2D eigenvalue weighted by Gasteiger charge is 2.25. The summed E-state index contributed by atoms with van der Waals surface area (Å²) in [6, 6.07) is 24.6. The van der Waals surface area contributed by atoms with E-state index in [1.165, 1.54) is 5.56 Å². The standard InChI is InChI=1S/C27H30ClN3O3/c28-22-14-12-20(13-15-22)17-23-9-6-16-31(23)29-18-24(32)19-34-26-11-5-4-10-25(26)30-27(33)21-7-2-1-3-8-21/h1-5,7-8,10-15,23-24,29,32H,6,9,16-19H2,(H,30,33). The zero-order valence-electron chi connectivity index (χ0n) is 19.0. The predicted octanol–water partition coefficient (Wildman–Crippen LogP) is 4.54. The molecule has 0 radical (unpaired) electrons. The molecular weight excluding hydrogens is 450 g/mol. The minimum Gasteiger partial charge on any atom is -0.489 e. The van der Waals surface area contributed by atoms with Gasteiger partial charge in [0.2, 0.25) is 0 Å². The number of para-hydroxylation sites is 2. The van der Waals surface area contributed by atoms with Crippen LogP contribution in [-0.2, 0) is 6.42 Å². The lowest BCUT2D eigenvalue weighted by molar-refractivity contribution is 0.0712. The number of nitrogens with one attached hydrogen (secondary N) is 2. The number of ether oxygens (including phenoxy) is 1. The van der Waals surface area contributed by atoms with Crippen LogP contribution in [0.1, 0.15) is 28.8 Å². The summed E-state index contributed by atoms with van der Waals surface area (Å²) < 4.78 is 5.85. The van der Waals surface area contributed by atoms with E-state index in [2.05, 4.69) is 27.9 Å². The van der Waals surface area contributed by atoms with Crippen molar-refractivity contribution in [2.24, 2.45) is 0 Å². The van der Waals surface area contributed by atoms with Gasteiger partial charge in [0, 0.05) is 29.7 Å².